The summed E-state index contributed by atoms with van der Waals surface area (Å²) in [5, 5.41) is 24.4. The summed E-state index contributed by atoms with van der Waals surface area (Å²) < 4.78 is 31.6. The van der Waals surface area contributed by atoms with Crippen LogP contribution < -0.4 is 0 Å². The molecule has 10 heteroatoms. The molecule has 1 saturated carbocycles. The maximum atomic E-state index is 14.7. The van der Waals surface area contributed by atoms with Gasteiger partial charge in [-0.2, -0.15) is 5.10 Å². The summed E-state index contributed by atoms with van der Waals surface area (Å²) in [6.07, 6.45) is 11.6. The van der Waals surface area contributed by atoms with Crippen LogP contribution >= 0.6 is 0 Å². The highest BCUT2D eigenvalue weighted by molar-refractivity contribution is 5.25. The number of benzene rings is 1. The Morgan fingerprint density at radius 1 is 1.06 bits per heavy atom. The fourth-order valence-electron chi connectivity index (χ4n) is 5.26. The van der Waals surface area contributed by atoms with E-state index in [4.69, 9.17) is 0 Å². The van der Waals surface area contributed by atoms with Gasteiger partial charge in [0.05, 0.1) is 18.3 Å². The van der Waals surface area contributed by atoms with E-state index < -0.39 is 17.2 Å². The van der Waals surface area contributed by atoms with Gasteiger partial charge in [-0.3, -0.25) is 4.90 Å². The van der Waals surface area contributed by atoms with Crippen molar-refractivity contribution in [1.29, 1.82) is 0 Å². The molecule has 1 unspecified atom stereocenters. The Balaban J connectivity index is 1.27. The third-order valence-electron chi connectivity index (χ3n) is 7.04. The Labute approximate surface area is 191 Å². The van der Waals surface area contributed by atoms with Crippen molar-refractivity contribution in [2.45, 2.75) is 62.6 Å². The number of aliphatic hydroxyl groups is 1. The molecular formula is C23H29F2N7O. The number of nitrogens with zero attached hydrogens (tertiary/aromatic N) is 7. The fraction of sp³-hybridized carbons (Fsp3) is 0.565. The van der Waals surface area contributed by atoms with Crippen LogP contribution in [0.2, 0.25) is 0 Å². The zero-order chi connectivity index (χ0) is 22.8. The second-order valence-electron chi connectivity index (χ2n) is 9.36. The first-order valence-corrected chi connectivity index (χ1v) is 11.6. The molecule has 1 aliphatic carbocycles. The summed E-state index contributed by atoms with van der Waals surface area (Å²) in [6, 6.07) is 3.55. The lowest BCUT2D eigenvalue weighted by molar-refractivity contribution is -0.0285. The van der Waals surface area contributed by atoms with Gasteiger partial charge in [-0.1, -0.05) is 24.1 Å². The molecule has 2 aliphatic rings. The van der Waals surface area contributed by atoms with Crippen LogP contribution in [0.15, 0.2) is 37.1 Å². The molecule has 0 radical (unpaired) electrons. The van der Waals surface area contributed by atoms with Crippen LogP contribution in [0, 0.1) is 11.6 Å². The Hall–Kier alpha value is -2.72. The molecule has 0 amide bonds. The minimum absolute atomic E-state index is 0.0172. The lowest BCUT2D eigenvalue weighted by atomic mass is 9.91. The largest absolute Gasteiger partial charge is 0.382 e. The summed E-state index contributed by atoms with van der Waals surface area (Å²) in [5.41, 5.74) is -0.427. The zero-order valence-corrected chi connectivity index (χ0v) is 18.5. The van der Waals surface area contributed by atoms with Crippen molar-refractivity contribution in [3.63, 3.8) is 0 Å². The van der Waals surface area contributed by atoms with Gasteiger partial charge in [0.1, 0.15) is 29.9 Å². The molecule has 1 saturated heterocycles. The first kappa shape index (κ1) is 22.1. The highest BCUT2D eigenvalue weighted by Crippen LogP contribution is 2.34. The molecule has 1 N–H and O–H groups in total. The normalized spacial score (nSPS) is 20.3. The zero-order valence-electron chi connectivity index (χ0n) is 18.5. The van der Waals surface area contributed by atoms with Crippen LogP contribution in [0.3, 0.4) is 0 Å². The van der Waals surface area contributed by atoms with Crippen LogP contribution in [-0.2, 0) is 12.1 Å². The topological polar surface area (TPSA) is 84.9 Å². The quantitative estimate of drug-likeness (QED) is 0.587. The Morgan fingerprint density at radius 3 is 2.55 bits per heavy atom. The average Bonchev–Trinajstić information content (AvgIpc) is 3.56. The Morgan fingerprint density at radius 2 is 1.85 bits per heavy atom. The number of aromatic nitrogens is 6. The molecular weight excluding hydrogens is 428 g/mol. The Kier molecular flexibility index (Phi) is 6.20. The van der Waals surface area contributed by atoms with E-state index in [9.17, 15) is 13.9 Å². The number of halogens is 2. The minimum atomic E-state index is -1.58. The summed E-state index contributed by atoms with van der Waals surface area (Å²) in [5.74, 6) is -0.907. The molecule has 33 heavy (non-hydrogen) atoms. The van der Waals surface area contributed by atoms with Gasteiger partial charge in [0.2, 0.25) is 0 Å². The maximum absolute atomic E-state index is 14.7. The number of β-amino-alcohol motifs (C(OH)–C–C–N with tert-alkyl or cyclic N) is 1. The third-order valence-corrected chi connectivity index (χ3v) is 7.04. The SMILES string of the molecule is OC(CN1CCC(n2cc(C3CCCC3)nn2)CC1)(Cn1cncn1)c1ccc(F)cc1F. The van der Waals surface area contributed by atoms with E-state index in [-0.39, 0.29) is 24.7 Å². The Bertz CT molecular complexity index is 1060. The third kappa shape index (κ3) is 4.81. The summed E-state index contributed by atoms with van der Waals surface area (Å²) in [4.78, 5) is 6.03. The average molecular weight is 458 g/mol. The van der Waals surface area contributed by atoms with Crippen molar-refractivity contribution in [3.05, 3.63) is 59.9 Å². The van der Waals surface area contributed by atoms with Crippen molar-refractivity contribution in [3.8, 4) is 0 Å². The first-order chi connectivity index (χ1) is 16.0. The molecule has 1 aliphatic heterocycles. The van der Waals surface area contributed by atoms with Gasteiger partial charge in [-0.15, -0.1) is 5.10 Å². The van der Waals surface area contributed by atoms with Crippen molar-refractivity contribution in [1.82, 2.24) is 34.7 Å². The molecule has 2 fully saturated rings. The van der Waals surface area contributed by atoms with Crippen molar-refractivity contribution in [2.24, 2.45) is 0 Å². The van der Waals surface area contributed by atoms with Gasteiger partial charge < -0.3 is 5.11 Å². The fourth-order valence-corrected chi connectivity index (χ4v) is 5.26. The van der Waals surface area contributed by atoms with E-state index >= 15 is 0 Å². The number of likely N-dealkylation sites (tertiary alicyclic amines) is 1. The van der Waals surface area contributed by atoms with E-state index in [1.807, 2.05) is 4.68 Å². The van der Waals surface area contributed by atoms with Crippen molar-refractivity contribution in [2.75, 3.05) is 19.6 Å². The van der Waals surface area contributed by atoms with E-state index in [2.05, 4.69) is 31.5 Å². The van der Waals surface area contributed by atoms with Gasteiger partial charge in [-0.25, -0.2) is 23.1 Å². The number of rotatable bonds is 7. The predicted molar refractivity (Wildman–Crippen MR) is 116 cm³/mol. The van der Waals surface area contributed by atoms with E-state index in [0.29, 0.717) is 5.92 Å². The van der Waals surface area contributed by atoms with Gasteiger partial charge in [0, 0.05) is 43.4 Å². The van der Waals surface area contributed by atoms with E-state index in [1.54, 1.807) is 0 Å². The van der Waals surface area contributed by atoms with E-state index in [0.717, 1.165) is 37.7 Å². The molecule has 176 valence electrons. The van der Waals surface area contributed by atoms with Crippen LogP contribution in [0.5, 0.6) is 0 Å². The second kappa shape index (κ2) is 9.26. The monoisotopic (exact) mass is 457 g/mol. The molecule has 8 nitrogen and oxygen atoms in total. The molecule has 3 aromatic rings. The van der Waals surface area contributed by atoms with Crippen LogP contribution in [0.25, 0.3) is 0 Å². The van der Waals surface area contributed by atoms with Crippen molar-refractivity contribution >= 4 is 0 Å². The molecule has 5 rings (SSSR count). The second-order valence-corrected chi connectivity index (χ2v) is 9.36. The highest BCUT2D eigenvalue weighted by Gasteiger charge is 2.37. The molecule has 3 heterocycles. The lowest BCUT2D eigenvalue weighted by Crippen LogP contribution is -2.47. The molecule has 0 spiro atoms. The maximum Gasteiger partial charge on any atom is 0.137 e. The van der Waals surface area contributed by atoms with Crippen LogP contribution in [0.1, 0.15) is 61.7 Å². The number of hydrogen-bond donors (Lipinski definition) is 1. The summed E-state index contributed by atoms with van der Waals surface area (Å²) in [7, 11) is 0. The smallest absolute Gasteiger partial charge is 0.137 e. The van der Waals surface area contributed by atoms with Gasteiger partial charge in [0.15, 0.2) is 0 Å². The van der Waals surface area contributed by atoms with Crippen LogP contribution in [-0.4, -0.2) is 59.4 Å². The number of piperidine rings is 1. The lowest BCUT2D eigenvalue weighted by Gasteiger charge is -2.38. The van der Waals surface area contributed by atoms with Gasteiger partial charge in [0.25, 0.3) is 0 Å². The predicted octanol–water partition coefficient (Wildman–Crippen LogP) is 3.03. The molecule has 2 aromatic heterocycles. The first-order valence-electron chi connectivity index (χ1n) is 11.6. The van der Waals surface area contributed by atoms with Gasteiger partial charge >= 0.3 is 0 Å². The highest BCUT2D eigenvalue weighted by atomic mass is 19.1. The molecule has 1 atom stereocenters. The standard InChI is InChI=1S/C23H29F2N7O/c24-18-5-6-20(21(25)11-18)23(33,14-31-16-26-15-27-31)13-30-9-7-19(8-10-30)32-12-22(28-29-32)17-3-1-2-4-17/h5-6,11-12,15-17,19,33H,1-4,7-10,13-14H2. The number of hydrogen-bond acceptors (Lipinski definition) is 6. The summed E-state index contributed by atoms with van der Waals surface area (Å²) in [6.45, 7) is 1.67. The van der Waals surface area contributed by atoms with Gasteiger partial charge in [-0.05, 0) is 31.7 Å². The van der Waals surface area contributed by atoms with E-state index in [1.165, 1.54) is 55.2 Å². The minimum Gasteiger partial charge on any atom is -0.382 e. The molecule has 0 bridgehead atoms. The summed E-state index contributed by atoms with van der Waals surface area (Å²) >= 11 is 0. The van der Waals surface area contributed by atoms with Crippen LogP contribution in [0.4, 0.5) is 8.78 Å². The molecule has 1 aromatic carbocycles. The van der Waals surface area contributed by atoms with Crippen molar-refractivity contribution < 1.29 is 13.9 Å².